The molecule has 0 radical (unpaired) electrons. The van der Waals surface area contributed by atoms with Crippen molar-refractivity contribution in [1.29, 1.82) is 0 Å². The first-order chi connectivity index (χ1) is 26.9. The van der Waals surface area contributed by atoms with Crippen LogP contribution in [0.25, 0.3) is 44.2 Å². The molecule has 0 aliphatic heterocycles. The number of anilines is 3. The van der Waals surface area contributed by atoms with Gasteiger partial charge in [-0.2, -0.15) is 0 Å². The van der Waals surface area contributed by atoms with E-state index < -0.39 is 5.41 Å². The van der Waals surface area contributed by atoms with Gasteiger partial charge in [-0.3, -0.25) is 0 Å². The van der Waals surface area contributed by atoms with Gasteiger partial charge in [0, 0.05) is 38.8 Å². The summed E-state index contributed by atoms with van der Waals surface area (Å²) in [5, 5.41) is 2.30. The van der Waals surface area contributed by atoms with Crippen LogP contribution in [0.15, 0.2) is 193 Å². The Morgan fingerprint density at radius 1 is 0.582 bits per heavy atom. The summed E-state index contributed by atoms with van der Waals surface area (Å²) < 4.78 is 6.70. The lowest BCUT2D eigenvalue weighted by atomic mass is 9.67. The maximum absolute atomic E-state index is 6.70. The molecule has 1 heterocycles. The summed E-state index contributed by atoms with van der Waals surface area (Å²) in [5.74, 6) is 0. The monoisotopic (exact) mass is 707 g/mol. The van der Waals surface area contributed by atoms with Crippen LogP contribution in [0, 0.1) is 6.92 Å². The lowest BCUT2D eigenvalue weighted by molar-refractivity contribution is 0.653. The molecular formula is C53H41NO. The Balaban J connectivity index is 1.24. The van der Waals surface area contributed by atoms with Gasteiger partial charge in [0.15, 0.2) is 0 Å². The molecule has 2 aliphatic carbocycles. The molecule has 2 heteroatoms. The predicted octanol–water partition coefficient (Wildman–Crippen LogP) is 14.3. The molecule has 7 aromatic carbocycles. The van der Waals surface area contributed by atoms with E-state index in [-0.39, 0.29) is 5.41 Å². The number of fused-ring (bicyclic) bond motifs is 10. The standard InChI is InChI=1S/C53H41NO/c1-6-16-35(7-2)53(36-18-9-8-10-19-36)46-23-13-11-21-40(46)41-27-25-39(33-48(41)53)54(37-20-15-17-34(3)31-37)38-26-29-45-44(32-38)50-47(52(45,4)5)30-28-43-42-22-12-14-24-49(42)55-51(43)50/h6-33H,1-2H2,3-5H3/b35-16+. The molecule has 0 spiro atoms. The molecular weight excluding hydrogens is 667 g/mol. The zero-order valence-electron chi connectivity index (χ0n) is 31.4. The van der Waals surface area contributed by atoms with Gasteiger partial charge in [-0.1, -0.05) is 154 Å². The third kappa shape index (κ3) is 4.61. The first-order valence-electron chi connectivity index (χ1n) is 19.1. The SMILES string of the molecule is C=C/C=C(\C=C)C1(c2ccccc2)c2ccccc2-c2ccc(N(c3cccc(C)c3)c3ccc4c(c3)-c3c(ccc5c3oc3ccccc35)C4(C)C)cc21. The van der Waals surface area contributed by atoms with Gasteiger partial charge in [-0.25, -0.2) is 0 Å². The molecule has 0 bridgehead atoms. The van der Waals surface area contributed by atoms with Crippen LogP contribution in [0.5, 0.6) is 0 Å². The minimum atomic E-state index is -0.592. The average molecular weight is 708 g/mol. The highest BCUT2D eigenvalue weighted by Crippen LogP contribution is 2.58. The number of nitrogens with zero attached hydrogens (tertiary/aromatic N) is 1. The van der Waals surface area contributed by atoms with Crippen molar-refractivity contribution in [2.24, 2.45) is 0 Å². The molecule has 1 unspecified atom stereocenters. The Hall–Kier alpha value is -6.64. The fourth-order valence-corrected chi connectivity index (χ4v) is 9.72. The second kappa shape index (κ2) is 12.2. The van der Waals surface area contributed by atoms with E-state index in [4.69, 9.17) is 4.42 Å². The molecule has 55 heavy (non-hydrogen) atoms. The van der Waals surface area contributed by atoms with Crippen LogP contribution in [0.2, 0.25) is 0 Å². The van der Waals surface area contributed by atoms with Crippen molar-refractivity contribution in [3.8, 4) is 22.3 Å². The van der Waals surface area contributed by atoms with Gasteiger partial charge in [0.1, 0.15) is 11.2 Å². The summed E-state index contributed by atoms with van der Waals surface area (Å²) >= 11 is 0. The maximum Gasteiger partial charge on any atom is 0.143 e. The van der Waals surface area contributed by atoms with E-state index in [1.807, 2.05) is 18.2 Å². The highest BCUT2D eigenvalue weighted by molar-refractivity contribution is 6.12. The fraction of sp³-hybridized carbons (Fsp3) is 0.0943. The van der Waals surface area contributed by atoms with Crippen molar-refractivity contribution in [1.82, 2.24) is 0 Å². The van der Waals surface area contributed by atoms with Crippen LogP contribution in [-0.4, -0.2) is 0 Å². The molecule has 0 fully saturated rings. The summed E-state index contributed by atoms with van der Waals surface area (Å²) in [6, 6.07) is 55.5. The Morgan fingerprint density at radius 3 is 2.11 bits per heavy atom. The number of aryl methyl sites for hydroxylation is 1. The Bertz CT molecular complexity index is 2900. The molecule has 1 atom stereocenters. The second-order valence-electron chi connectivity index (χ2n) is 15.4. The van der Waals surface area contributed by atoms with E-state index in [1.165, 1.54) is 55.6 Å². The highest BCUT2D eigenvalue weighted by Gasteiger charge is 2.47. The van der Waals surface area contributed by atoms with E-state index in [0.29, 0.717) is 0 Å². The smallest absolute Gasteiger partial charge is 0.143 e. The zero-order valence-corrected chi connectivity index (χ0v) is 31.4. The van der Waals surface area contributed by atoms with Gasteiger partial charge < -0.3 is 9.32 Å². The summed E-state index contributed by atoms with van der Waals surface area (Å²) in [6.07, 6.45) is 6.01. The van der Waals surface area contributed by atoms with Gasteiger partial charge in [0.05, 0.1) is 5.41 Å². The molecule has 1 aromatic heterocycles. The molecule has 10 rings (SSSR count). The Labute approximate surface area is 323 Å². The topological polar surface area (TPSA) is 16.4 Å². The Morgan fingerprint density at radius 2 is 1.29 bits per heavy atom. The predicted molar refractivity (Wildman–Crippen MR) is 231 cm³/mol. The third-order valence-electron chi connectivity index (χ3n) is 12.1. The quantitative estimate of drug-likeness (QED) is 0.153. The van der Waals surface area contributed by atoms with E-state index in [1.54, 1.807) is 0 Å². The lowest BCUT2D eigenvalue weighted by Gasteiger charge is -2.35. The molecule has 264 valence electrons. The number of benzene rings is 7. The van der Waals surface area contributed by atoms with Crippen LogP contribution in [0.3, 0.4) is 0 Å². The first kappa shape index (κ1) is 33.0. The molecule has 2 nitrogen and oxygen atoms in total. The molecule has 0 saturated heterocycles. The van der Waals surface area contributed by atoms with E-state index in [0.717, 1.165) is 44.6 Å². The normalized spacial score (nSPS) is 16.4. The van der Waals surface area contributed by atoms with Crippen molar-refractivity contribution in [2.45, 2.75) is 31.6 Å². The molecule has 0 amide bonds. The summed E-state index contributed by atoms with van der Waals surface area (Å²) in [6.45, 7) is 15.3. The largest absolute Gasteiger partial charge is 0.455 e. The number of para-hydroxylation sites is 1. The molecule has 8 aromatic rings. The van der Waals surface area contributed by atoms with Gasteiger partial charge in [-0.05, 0) is 105 Å². The number of rotatable bonds is 7. The minimum Gasteiger partial charge on any atom is -0.455 e. The van der Waals surface area contributed by atoms with Crippen LogP contribution >= 0.6 is 0 Å². The summed E-state index contributed by atoms with van der Waals surface area (Å²) in [7, 11) is 0. The second-order valence-corrected chi connectivity index (χ2v) is 15.4. The van der Waals surface area contributed by atoms with Gasteiger partial charge in [0.25, 0.3) is 0 Å². The van der Waals surface area contributed by atoms with Gasteiger partial charge in [-0.15, -0.1) is 0 Å². The number of hydrogen-bond donors (Lipinski definition) is 0. The van der Waals surface area contributed by atoms with E-state index >= 15 is 0 Å². The number of hydrogen-bond acceptors (Lipinski definition) is 2. The highest BCUT2D eigenvalue weighted by atomic mass is 16.3. The fourth-order valence-electron chi connectivity index (χ4n) is 9.72. The van der Waals surface area contributed by atoms with E-state index in [9.17, 15) is 0 Å². The first-order valence-corrected chi connectivity index (χ1v) is 19.1. The van der Waals surface area contributed by atoms with Crippen molar-refractivity contribution < 1.29 is 4.42 Å². The van der Waals surface area contributed by atoms with Crippen molar-refractivity contribution in [2.75, 3.05) is 4.90 Å². The van der Waals surface area contributed by atoms with Crippen LogP contribution in [0.1, 0.15) is 47.2 Å². The van der Waals surface area contributed by atoms with Crippen molar-refractivity contribution in [3.05, 3.63) is 222 Å². The van der Waals surface area contributed by atoms with Crippen LogP contribution < -0.4 is 4.90 Å². The van der Waals surface area contributed by atoms with Gasteiger partial charge in [0.2, 0.25) is 0 Å². The molecule has 2 aliphatic rings. The van der Waals surface area contributed by atoms with Gasteiger partial charge >= 0.3 is 0 Å². The molecule has 0 saturated carbocycles. The Kier molecular flexibility index (Phi) is 7.31. The maximum atomic E-state index is 6.70. The minimum absolute atomic E-state index is 0.183. The lowest BCUT2D eigenvalue weighted by Crippen LogP contribution is -2.29. The zero-order chi connectivity index (χ0) is 37.5. The van der Waals surface area contributed by atoms with Crippen LogP contribution in [-0.2, 0) is 10.8 Å². The average Bonchev–Trinajstić information content (AvgIpc) is 3.81. The summed E-state index contributed by atoms with van der Waals surface area (Å²) in [4.78, 5) is 2.42. The van der Waals surface area contributed by atoms with Crippen LogP contribution in [0.4, 0.5) is 17.1 Å². The number of furan rings is 1. The van der Waals surface area contributed by atoms with E-state index in [2.05, 4.69) is 190 Å². The molecule has 0 N–H and O–H groups in total. The van der Waals surface area contributed by atoms with Crippen molar-refractivity contribution >= 4 is 39.0 Å². The summed E-state index contributed by atoms with van der Waals surface area (Å²) in [5.41, 5.74) is 17.8. The number of allylic oxidation sites excluding steroid dienone is 4. The third-order valence-corrected chi connectivity index (χ3v) is 12.1. The van der Waals surface area contributed by atoms with Crippen molar-refractivity contribution in [3.63, 3.8) is 0 Å².